The minimum absolute atomic E-state index is 0. The fourth-order valence-corrected chi connectivity index (χ4v) is 6.07. The molecule has 5 rings (SSSR count). The molecule has 9 heteroatoms. The van der Waals surface area contributed by atoms with Crippen molar-refractivity contribution in [3.05, 3.63) is 106 Å². The van der Waals surface area contributed by atoms with Gasteiger partial charge >= 0.3 is 6.18 Å². The number of hydrogen-bond donors (Lipinski definition) is 0. The summed E-state index contributed by atoms with van der Waals surface area (Å²) in [4.78, 5) is 17.6. The van der Waals surface area contributed by atoms with E-state index in [4.69, 9.17) is 0 Å². The Hall–Kier alpha value is -2.45. The summed E-state index contributed by atoms with van der Waals surface area (Å²) in [5, 5.41) is 0. The van der Waals surface area contributed by atoms with E-state index in [1.807, 2.05) is 18.2 Å². The largest absolute Gasteiger partial charge is 0.416 e. The summed E-state index contributed by atoms with van der Waals surface area (Å²) in [7, 11) is 0. The van der Waals surface area contributed by atoms with Crippen LogP contribution >= 0.6 is 24.8 Å². The third-order valence-corrected chi connectivity index (χ3v) is 8.37. The van der Waals surface area contributed by atoms with E-state index in [1.165, 1.54) is 29.3 Å². The number of halogens is 6. The third kappa shape index (κ3) is 9.03. The smallest absolute Gasteiger partial charge is 0.299 e. The third-order valence-electron chi connectivity index (χ3n) is 8.37. The van der Waals surface area contributed by atoms with Crippen molar-refractivity contribution in [2.75, 3.05) is 19.6 Å². The Morgan fingerprint density at radius 1 is 0.833 bits per heavy atom. The minimum atomic E-state index is -4.34. The normalized spacial score (nSPS) is 16.6. The van der Waals surface area contributed by atoms with Crippen LogP contribution < -0.4 is 0 Å². The van der Waals surface area contributed by atoms with Crippen molar-refractivity contribution in [3.8, 4) is 0 Å². The van der Waals surface area contributed by atoms with E-state index in [-0.39, 0.29) is 36.4 Å². The molecule has 2 aliphatic rings. The number of benzene rings is 3. The molecule has 0 aromatic heterocycles. The molecule has 2 aliphatic heterocycles. The van der Waals surface area contributed by atoms with E-state index in [9.17, 15) is 22.4 Å². The van der Waals surface area contributed by atoms with Gasteiger partial charge in [0.1, 0.15) is 5.82 Å². The SMILES string of the molecule is Cl.Cl.O=C(CCC1CCN(Cc2ccccc2C(F)(F)F)CC1)c1ccc2c(c1)CN(Cc1ccc(F)cc1)CCC2. The topological polar surface area (TPSA) is 23.6 Å². The molecule has 1 fully saturated rings. The molecule has 42 heavy (non-hydrogen) atoms. The molecule has 3 nitrogen and oxygen atoms in total. The Morgan fingerprint density at radius 2 is 1.55 bits per heavy atom. The number of carbonyl (C=O) groups excluding carboxylic acids is 1. The Kier molecular flexibility index (Phi) is 12.4. The number of alkyl halides is 3. The maximum atomic E-state index is 13.3. The van der Waals surface area contributed by atoms with Crippen molar-refractivity contribution in [3.63, 3.8) is 0 Å². The van der Waals surface area contributed by atoms with Gasteiger partial charge < -0.3 is 0 Å². The van der Waals surface area contributed by atoms with Crippen LogP contribution in [0.1, 0.15) is 70.3 Å². The highest BCUT2D eigenvalue weighted by Crippen LogP contribution is 2.33. The number of fused-ring (bicyclic) bond motifs is 1. The van der Waals surface area contributed by atoms with Crippen molar-refractivity contribution >= 4 is 30.6 Å². The monoisotopic (exact) mass is 624 g/mol. The predicted octanol–water partition coefficient (Wildman–Crippen LogP) is 8.51. The molecule has 3 aromatic rings. The first-order valence-electron chi connectivity index (χ1n) is 14.2. The number of likely N-dealkylation sites (tertiary alicyclic amines) is 1. The lowest BCUT2D eigenvalue weighted by Gasteiger charge is -2.32. The second kappa shape index (κ2) is 15.3. The first-order chi connectivity index (χ1) is 19.2. The van der Waals surface area contributed by atoms with Gasteiger partial charge in [-0.3, -0.25) is 14.6 Å². The van der Waals surface area contributed by atoms with Crippen LogP contribution in [0.4, 0.5) is 17.6 Å². The molecule has 0 atom stereocenters. The van der Waals surface area contributed by atoms with Crippen molar-refractivity contribution in [1.82, 2.24) is 9.80 Å². The van der Waals surface area contributed by atoms with Crippen molar-refractivity contribution < 1.29 is 22.4 Å². The fourth-order valence-electron chi connectivity index (χ4n) is 6.07. The van der Waals surface area contributed by atoms with Crippen LogP contribution in [0.2, 0.25) is 0 Å². The van der Waals surface area contributed by atoms with E-state index in [0.717, 1.165) is 82.0 Å². The summed E-state index contributed by atoms with van der Waals surface area (Å²) in [5.41, 5.74) is 4.08. The highest BCUT2D eigenvalue weighted by Gasteiger charge is 2.33. The van der Waals surface area contributed by atoms with E-state index in [1.54, 1.807) is 12.1 Å². The van der Waals surface area contributed by atoms with Gasteiger partial charge in [-0.2, -0.15) is 13.2 Å². The Balaban J connectivity index is 0.00000242. The van der Waals surface area contributed by atoms with Crippen LogP contribution in [0, 0.1) is 11.7 Å². The lowest BCUT2D eigenvalue weighted by Crippen LogP contribution is -2.34. The van der Waals surface area contributed by atoms with Gasteiger partial charge in [-0.1, -0.05) is 42.5 Å². The van der Waals surface area contributed by atoms with Gasteiger partial charge in [0.2, 0.25) is 0 Å². The van der Waals surface area contributed by atoms with Crippen LogP contribution in [-0.4, -0.2) is 35.2 Å². The Labute approximate surface area is 258 Å². The van der Waals surface area contributed by atoms with Crippen molar-refractivity contribution in [2.45, 2.75) is 64.3 Å². The molecule has 0 unspecified atom stereocenters. The molecule has 0 amide bonds. The maximum absolute atomic E-state index is 13.3. The summed E-state index contributed by atoms with van der Waals surface area (Å²) >= 11 is 0. The Morgan fingerprint density at radius 3 is 2.26 bits per heavy atom. The quantitative estimate of drug-likeness (QED) is 0.185. The summed E-state index contributed by atoms with van der Waals surface area (Å²) in [6.45, 7) is 4.26. The van der Waals surface area contributed by atoms with Gasteiger partial charge in [0.25, 0.3) is 0 Å². The fraction of sp³-hybridized carbons (Fsp3) is 0.424. The highest BCUT2D eigenvalue weighted by atomic mass is 35.5. The molecular formula is C33H38Cl2F4N2O. The second-order valence-corrected chi connectivity index (χ2v) is 11.3. The standard InChI is InChI=1S/C33H36F4N2O.2ClH/c34-30-12-7-25(8-13-30)21-39-17-3-5-26-10-11-27(20-29(26)23-39)32(40)14-9-24-15-18-38(19-16-24)22-28-4-1-2-6-31(28)33(35,36)37;;/h1-2,4,6-8,10-13,20,24H,3,5,9,14-19,21-23H2;2*1H. The molecular weight excluding hydrogens is 587 g/mol. The molecule has 0 radical (unpaired) electrons. The van der Waals surface area contributed by atoms with Gasteiger partial charge in [-0.25, -0.2) is 4.39 Å². The maximum Gasteiger partial charge on any atom is 0.416 e. The number of hydrogen-bond acceptors (Lipinski definition) is 3. The number of piperidine rings is 1. The number of carbonyl (C=O) groups is 1. The molecule has 228 valence electrons. The van der Waals surface area contributed by atoms with Gasteiger partial charge in [0, 0.05) is 31.6 Å². The Bertz CT molecular complexity index is 1310. The minimum Gasteiger partial charge on any atom is -0.299 e. The predicted molar refractivity (Wildman–Crippen MR) is 163 cm³/mol. The lowest BCUT2D eigenvalue weighted by molar-refractivity contribution is -0.138. The van der Waals surface area contributed by atoms with Crippen LogP contribution in [-0.2, 0) is 32.2 Å². The first kappa shape index (κ1) is 34.0. The summed E-state index contributed by atoms with van der Waals surface area (Å²) in [6, 6.07) is 18.6. The summed E-state index contributed by atoms with van der Waals surface area (Å²) in [5.74, 6) is 0.328. The van der Waals surface area contributed by atoms with Gasteiger partial charge in [0.15, 0.2) is 5.78 Å². The van der Waals surface area contributed by atoms with Crippen molar-refractivity contribution in [2.24, 2.45) is 5.92 Å². The zero-order valence-electron chi connectivity index (χ0n) is 23.5. The van der Waals surface area contributed by atoms with Crippen LogP contribution in [0.15, 0.2) is 66.7 Å². The average Bonchev–Trinajstić information content (AvgIpc) is 3.14. The number of rotatable bonds is 8. The molecule has 1 saturated heterocycles. The zero-order valence-corrected chi connectivity index (χ0v) is 25.2. The number of Topliss-reactive ketones (excluding diaryl/α,β-unsaturated/α-hetero) is 1. The van der Waals surface area contributed by atoms with E-state index < -0.39 is 11.7 Å². The highest BCUT2D eigenvalue weighted by molar-refractivity contribution is 5.96. The summed E-state index contributed by atoms with van der Waals surface area (Å²) in [6.07, 6.45) is 0.761. The number of aryl methyl sites for hydroxylation is 1. The molecule has 0 saturated carbocycles. The number of ketones is 1. The van der Waals surface area contributed by atoms with E-state index >= 15 is 0 Å². The first-order valence-corrected chi connectivity index (χ1v) is 14.2. The lowest BCUT2D eigenvalue weighted by atomic mass is 9.89. The number of nitrogens with zero attached hydrogens (tertiary/aromatic N) is 2. The van der Waals surface area contributed by atoms with Crippen LogP contribution in [0.3, 0.4) is 0 Å². The molecule has 0 spiro atoms. The van der Waals surface area contributed by atoms with Gasteiger partial charge in [0.05, 0.1) is 5.56 Å². The average molecular weight is 626 g/mol. The van der Waals surface area contributed by atoms with E-state index in [2.05, 4.69) is 21.9 Å². The molecule has 0 N–H and O–H groups in total. The van der Waals surface area contributed by atoms with Crippen molar-refractivity contribution in [1.29, 1.82) is 0 Å². The molecule has 3 aromatic carbocycles. The summed E-state index contributed by atoms with van der Waals surface area (Å²) < 4.78 is 53.3. The van der Waals surface area contributed by atoms with Gasteiger partial charge in [-0.15, -0.1) is 24.8 Å². The van der Waals surface area contributed by atoms with E-state index in [0.29, 0.717) is 24.4 Å². The van der Waals surface area contributed by atoms with Gasteiger partial charge in [-0.05, 0) is 104 Å². The molecule has 0 aliphatic carbocycles. The van der Waals surface area contributed by atoms with Crippen LogP contribution in [0.5, 0.6) is 0 Å². The zero-order chi connectivity index (χ0) is 28.1. The molecule has 0 bridgehead atoms. The van der Waals surface area contributed by atoms with Crippen LogP contribution in [0.25, 0.3) is 0 Å². The molecule has 2 heterocycles. The second-order valence-electron chi connectivity index (χ2n) is 11.3.